The molecule has 0 aliphatic heterocycles. The molecular formula is C10H13Br2NO4S2. The van der Waals surface area contributed by atoms with Crippen LogP contribution in [-0.2, 0) is 19.6 Å². The van der Waals surface area contributed by atoms with E-state index in [0.717, 1.165) is 4.31 Å². The van der Waals surface area contributed by atoms with Gasteiger partial charge in [-0.25, -0.2) is 8.42 Å². The molecule has 0 radical (unpaired) electrons. The molecule has 0 fully saturated rings. The van der Waals surface area contributed by atoms with Crippen LogP contribution in [0.25, 0.3) is 0 Å². The van der Waals surface area contributed by atoms with E-state index in [1.165, 1.54) is 24.5 Å². The maximum absolute atomic E-state index is 12.5. The third-order valence-corrected chi connectivity index (χ3v) is 7.08. The summed E-state index contributed by atoms with van der Waals surface area (Å²) in [4.78, 5) is 11.5. The predicted octanol–water partition coefficient (Wildman–Crippen LogP) is 2.85. The normalized spacial score (nSPS) is 12.2. The molecule has 5 nitrogen and oxygen atoms in total. The highest BCUT2D eigenvalue weighted by Gasteiger charge is 2.32. The highest BCUT2D eigenvalue weighted by atomic mass is 79.9. The number of thiophene rings is 1. The van der Waals surface area contributed by atoms with Crippen LogP contribution < -0.4 is 0 Å². The van der Waals surface area contributed by atoms with E-state index >= 15 is 0 Å². The Hall–Kier alpha value is 0.0400. The first-order valence-electron chi connectivity index (χ1n) is 5.23. The zero-order chi connectivity index (χ0) is 14.8. The predicted molar refractivity (Wildman–Crippen MR) is 80.8 cm³/mol. The van der Waals surface area contributed by atoms with Crippen LogP contribution in [0.2, 0.25) is 0 Å². The average Bonchev–Trinajstić information content (AvgIpc) is 2.65. The summed E-state index contributed by atoms with van der Waals surface area (Å²) in [6, 6.07) is 1.16. The van der Waals surface area contributed by atoms with Crippen molar-refractivity contribution < 1.29 is 17.9 Å². The first-order valence-corrected chi connectivity index (χ1v) is 9.08. The van der Waals surface area contributed by atoms with E-state index in [2.05, 4.69) is 36.6 Å². The van der Waals surface area contributed by atoms with E-state index < -0.39 is 16.0 Å². The van der Waals surface area contributed by atoms with Gasteiger partial charge in [0.05, 0.1) is 14.7 Å². The molecule has 0 saturated heterocycles. The lowest BCUT2D eigenvalue weighted by Crippen LogP contribution is -2.40. The number of hydrogen-bond donors (Lipinski definition) is 0. The number of methoxy groups -OCH3 is 1. The Bertz CT molecular complexity index is 568. The highest BCUT2D eigenvalue weighted by Crippen LogP contribution is 2.36. The van der Waals surface area contributed by atoms with Crippen LogP contribution in [0.5, 0.6) is 0 Å². The smallest absolute Gasteiger partial charge is 0.321 e. The molecule has 0 atom stereocenters. The quantitative estimate of drug-likeness (QED) is 0.668. The van der Waals surface area contributed by atoms with Gasteiger partial charge in [-0.2, -0.15) is 4.31 Å². The van der Waals surface area contributed by atoms with Gasteiger partial charge in [0.25, 0.3) is 0 Å². The van der Waals surface area contributed by atoms with Gasteiger partial charge >= 0.3 is 5.97 Å². The lowest BCUT2D eigenvalue weighted by Gasteiger charge is -2.24. The van der Waals surface area contributed by atoms with Crippen LogP contribution in [0, 0.1) is 0 Å². The lowest BCUT2D eigenvalue weighted by atomic mass is 10.4. The fraction of sp³-hybridized carbons (Fsp3) is 0.500. The van der Waals surface area contributed by atoms with Gasteiger partial charge in [-0.1, -0.05) is 0 Å². The Kier molecular flexibility index (Phi) is 5.99. The summed E-state index contributed by atoms with van der Waals surface area (Å²) >= 11 is 7.72. The molecule has 19 heavy (non-hydrogen) atoms. The molecule has 1 aromatic heterocycles. The monoisotopic (exact) mass is 433 g/mol. The van der Waals surface area contributed by atoms with E-state index in [-0.39, 0.29) is 17.5 Å². The number of nitrogens with zero attached hydrogens (tertiary/aromatic N) is 1. The fourth-order valence-corrected chi connectivity index (χ4v) is 6.71. The largest absolute Gasteiger partial charge is 0.468 e. The van der Waals surface area contributed by atoms with Gasteiger partial charge in [-0.05, 0) is 51.8 Å². The van der Waals surface area contributed by atoms with Crippen molar-refractivity contribution in [2.75, 3.05) is 13.7 Å². The summed E-state index contributed by atoms with van der Waals surface area (Å²) in [7, 11) is -2.52. The maximum atomic E-state index is 12.5. The molecule has 1 aromatic rings. The minimum Gasteiger partial charge on any atom is -0.468 e. The second-order valence-corrected chi connectivity index (χ2v) is 9.52. The number of carbonyl (C=O) groups is 1. The molecule has 0 amide bonds. The van der Waals surface area contributed by atoms with Gasteiger partial charge in [0.1, 0.15) is 11.4 Å². The topological polar surface area (TPSA) is 63.7 Å². The zero-order valence-electron chi connectivity index (χ0n) is 10.5. The molecule has 0 spiro atoms. The van der Waals surface area contributed by atoms with E-state index in [1.807, 2.05) is 0 Å². The molecule has 0 unspecified atom stereocenters. The second kappa shape index (κ2) is 6.66. The molecular weight excluding hydrogens is 422 g/mol. The molecule has 9 heteroatoms. The van der Waals surface area contributed by atoms with Crippen LogP contribution in [0.15, 0.2) is 18.5 Å². The van der Waals surface area contributed by atoms with Crippen molar-refractivity contribution >= 4 is 59.2 Å². The number of esters is 1. The van der Waals surface area contributed by atoms with Crippen LogP contribution in [0.4, 0.5) is 0 Å². The molecule has 0 N–H and O–H groups in total. The first-order chi connectivity index (χ1) is 8.70. The van der Waals surface area contributed by atoms with Gasteiger partial charge in [0.15, 0.2) is 0 Å². The molecule has 0 aromatic carbocycles. The Labute approximate surface area is 133 Å². The van der Waals surface area contributed by atoms with Crippen LogP contribution in [0.3, 0.4) is 0 Å². The molecule has 1 rings (SSSR count). The highest BCUT2D eigenvalue weighted by molar-refractivity contribution is 9.12. The fourth-order valence-electron chi connectivity index (χ4n) is 1.36. The Morgan fingerprint density at radius 1 is 1.47 bits per heavy atom. The summed E-state index contributed by atoms with van der Waals surface area (Å²) in [5.74, 6) is -0.595. The van der Waals surface area contributed by atoms with Crippen molar-refractivity contribution in [3.05, 3.63) is 13.6 Å². The first kappa shape index (κ1) is 17.1. The summed E-state index contributed by atoms with van der Waals surface area (Å²) in [5.41, 5.74) is 0. The van der Waals surface area contributed by atoms with Crippen molar-refractivity contribution in [2.45, 2.75) is 24.8 Å². The summed E-state index contributed by atoms with van der Waals surface area (Å²) in [5, 5.41) is 0. The maximum Gasteiger partial charge on any atom is 0.321 e. The summed E-state index contributed by atoms with van der Waals surface area (Å²) < 4.78 is 31.9. The van der Waals surface area contributed by atoms with Gasteiger partial charge in [-0.3, -0.25) is 4.79 Å². The summed E-state index contributed by atoms with van der Waals surface area (Å²) in [6.45, 7) is 3.10. The van der Waals surface area contributed by atoms with Gasteiger partial charge in [0.2, 0.25) is 10.0 Å². The number of sulfonamides is 1. The van der Waals surface area contributed by atoms with E-state index in [0.29, 0.717) is 7.57 Å². The second-order valence-electron chi connectivity index (χ2n) is 3.91. The molecule has 1 heterocycles. The van der Waals surface area contributed by atoms with Crippen molar-refractivity contribution in [2.24, 2.45) is 0 Å². The third-order valence-electron chi connectivity index (χ3n) is 2.30. The average molecular weight is 435 g/mol. The van der Waals surface area contributed by atoms with Crippen molar-refractivity contribution in [1.29, 1.82) is 0 Å². The van der Waals surface area contributed by atoms with Crippen molar-refractivity contribution in [3.8, 4) is 0 Å². The number of halogens is 2. The van der Waals surface area contributed by atoms with Gasteiger partial charge < -0.3 is 4.74 Å². The van der Waals surface area contributed by atoms with E-state index in [9.17, 15) is 13.2 Å². The Balaban J connectivity index is 3.21. The van der Waals surface area contributed by atoms with Crippen molar-refractivity contribution in [3.63, 3.8) is 0 Å². The number of carbonyl (C=O) groups excluding carboxylic acids is 1. The van der Waals surface area contributed by atoms with Crippen LogP contribution >= 0.6 is 43.2 Å². The minimum atomic E-state index is -3.75. The Morgan fingerprint density at radius 2 is 2.05 bits per heavy atom. The standard InChI is InChI=1S/C10H13Br2NO4S2/c1-6(2)13(5-9(14)17-3)19(15,16)7-4-8(11)18-10(7)12/h4,6H,5H2,1-3H3. The number of hydrogen-bond acceptors (Lipinski definition) is 5. The number of rotatable bonds is 5. The van der Waals surface area contributed by atoms with Crippen molar-refractivity contribution in [1.82, 2.24) is 4.31 Å². The summed E-state index contributed by atoms with van der Waals surface area (Å²) in [6.07, 6.45) is 0. The van der Waals surface area contributed by atoms with Crippen LogP contribution in [-0.4, -0.2) is 38.4 Å². The SMILES string of the molecule is COC(=O)CN(C(C)C)S(=O)(=O)c1cc(Br)sc1Br. The van der Waals surface area contributed by atoms with Gasteiger partial charge in [0, 0.05) is 6.04 Å². The third kappa shape index (κ3) is 4.01. The molecule has 0 aliphatic carbocycles. The Morgan fingerprint density at radius 3 is 2.42 bits per heavy atom. The van der Waals surface area contributed by atoms with Crippen LogP contribution in [0.1, 0.15) is 13.8 Å². The van der Waals surface area contributed by atoms with Gasteiger partial charge in [-0.15, -0.1) is 11.3 Å². The van der Waals surface area contributed by atoms with E-state index in [1.54, 1.807) is 13.8 Å². The minimum absolute atomic E-state index is 0.141. The zero-order valence-corrected chi connectivity index (χ0v) is 15.3. The molecule has 108 valence electrons. The molecule has 0 saturated carbocycles. The lowest BCUT2D eigenvalue weighted by molar-refractivity contribution is -0.141. The molecule has 0 aliphatic rings. The number of ether oxygens (including phenoxy) is 1. The molecule has 0 bridgehead atoms. The van der Waals surface area contributed by atoms with E-state index in [4.69, 9.17) is 0 Å².